The Hall–Kier alpha value is -1.97. The maximum atomic E-state index is 12.7. The molecular weight excluding hydrogens is 238 g/mol. The zero-order chi connectivity index (χ0) is 13.6. The molecule has 0 bridgehead atoms. The van der Waals surface area contributed by atoms with Crippen molar-refractivity contribution in [3.05, 3.63) is 45.9 Å². The topological polar surface area (TPSA) is 38.2 Å². The highest BCUT2D eigenvalue weighted by Crippen LogP contribution is 2.27. The van der Waals surface area contributed by atoms with E-state index in [9.17, 15) is 4.79 Å². The van der Waals surface area contributed by atoms with Crippen molar-refractivity contribution >= 4 is 11.7 Å². The predicted molar refractivity (Wildman–Crippen MR) is 75.1 cm³/mol. The number of aliphatic imine (C=N–C) groups is 1. The Balaban J connectivity index is 2.36. The summed E-state index contributed by atoms with van der Waals surface area (Å²) in [5.74, 6) is 0.776. The van der Waals surface area contributed by atoms with E-state index in [-0.39, 0.29) is 11.6 Å². The standard InChI is InChI=1S/C15H18N3O/c1-4-11-10(3)17(5-2)15-16-12-8-6-7-9-13(12)18(15)14(11)19/h6-9,13H,4-5H2,1-3H3/q+1. The quantitative estimate of drug-likeness (QED) is 0.743. The summed E-state index contributed by atoms with van der Waals surface area (Å²) < 4.78 is 3.96. The molecule has 4 heteroatoms. The molecule has 2 heterocycles. The SMILES string of the molecule is CCc1c(C)[n+](CC)c2n(c1=O)C1C=CC=CC1=N2. The van der Waals surface area contributed by atoms with E-state index in [0.717, 1.165) is 35.9 Å². The monoisotopic (exact) mass is 256 g/mol. The van der Waals surface area contributed by atoms with Crippen molar-refractivity contribution in [2.24, 2.45) is 4.99 Å². The van der Waals surface area contributed by atoms with Gasteiger partial charge in [0.2, 0.25) is 0 Å². The minimum Gasteiger partial charge on any atom is -0.250 e. The first-order chi connectivity index (χ1) is 9.19. The van der Waals surface area contributed by atoms with Crippen LogP contribution in [-0.4, -0.2) is 10.3 Å². The fourth-order valence-corrected chi connectivity index (χ4v) is 2.94. The smallest absolute Gasteiger partial charge is 0.250 e. The Morgan fingerprint density at radius 1 is 1.37 bits per heavy atom. The number of allylic oxidation sites excluding steroid dienone is 4. The molecule has 1 aliphatic heterocycles. The van der Waals surface area contributed by atoms with Gasteiger partial charge in [-0.15, -0.1) is 0 Å². The second-order valence-corrected chi connectivity index (χ2v) is 4.86. The number of hydrogen-bond donors (Lipinski definition) is 0. The van der Waals surface area contributed by atoms with Crippen molar-refractivity contribution in [2.45, 2.75) is 39.8 Å². The van der Waals surface area contributed by atoms with E-state index in [1.54, 1.807) is 0 Å². The largest absolute Gasteiger partial charge is 0.402 e. The third-order valence-corrected chi connectivity index (χ3v) is 3.93. The number of hydrogen-bond acceptors (Lipinski definition) is 2. The van der Waals surface area contributed by atoms with Crippen LogP contribution in [0.4, 0.5) is 5.95 Å². The van der Waals surface area contributed by atoms with Crippen LogP contribution in [0.1, 0.15) is 31.1 Å². The summed E-state index contributed by atoms with van der Waals surface area (Å²) in [5, 5.41) is 0. The summed E-state index contributed by atoms with van der Waals surface area (Å²) >= 11 is 0. The second-order valence-electron chi connectivity index (χ2n) is 4.86. The predicted octanol–water partition coefficient (Wildman–Crippen LogP) is 1.78. The molecule has 98 valence electrons. The third kappa shape index (κ3) is 1.56. The zero-order valence-corrected chi connectivity index (χ0v) is 11.6. The van der Waals surface area contributed by atoms with Gasteiger partial charge in [0.15, 0.2) is 11.8 Å². The van der Waals surface area contributed by atoms with Crippen LogP contribution >= 0.6 is 0 Å². The van der Waals surface area contributed by atoms with Crippen LogP contribution in [0.2, 0.25) is 0 Å². The van der Waals surface area contributed by atoms with Gasteiger partial charge < -0.3 is 0 Å². The first kappa shape index (κ1) is 12.1. The van der Waals surface area contributed by atoms with Crippen LogP contribution in [0.5, 0.6) is 0 Å². The number of rotatable bonds is 2. The van der Waals surface area contributed by atoms with Gasteiger partial charge in [-0.25, -0.2) is 4.57 Å². The van der Waals surface area contributed by atoms with Gasteiger partial charge in [-0.2, -0.15) is 4.57 Å². The van der Waals surface area contributed by atoms with Crippen molar-refractivity contribution in [2.75, 3.05) is 0 Å². The van der Waals surface area contributed by atoms with Gasteiger partial charge in [-0.05, 0) is 32.4 Å². The minimum absolute atomic E-state index is 0.0313. The van der Waals surface area contributed by atoms with Crippen LogP contribution in [0, 0.1) is 6.92 Å². The molecule has 0 N–H and O–H groups in total. The Kier molecular flexibility index (Phi) is 2.73. The van der Waals surface area contributed by atoms with E-state index in [0.29, 0.717) is 0 Å². The molecule has 0 aromatic carbocycles. The molecule has 1 unspecified atom stereocenters. The van der Waals surface area contributed by atoms with Crippen molar-refractivity contribution in [3.8, 4) is 0 Å². The summed E-state index contributed by atoms with van der Waals surface area (Å²) in [6.45, 7) is 6.96. The molecule has 1 aromatic rings. The lowest BCUT2D eigenvalue weighted by Gasteiger charge is -2.12. The lowest BCUT2D eigenvalue weighted by atomic mass is 10.1. The molecule has 0 fully saturated rings. The molecule has 2 aliphatic rings. The first-order valence-electron chi connectivity index (χ1n) is 6.80. The zero-order valence-electron chi connectivity index (χ0n) is 11.6. The van der Waals surface area contributed by atoms with Gasteiger partial charge in [0.25, 0.3) is 0 Å². The molecule has 0 spiro atoms. The number of nitrogens with zero attached hydrogens (tertiary/aromatic N) is 3. The van der Waals surface area contributed by atoms with Crippen LogP contribution in [0.15, 0.2) is 34.1 Å². The highest BCUT2D eigenvalue weighted by atomic mass is 16.1. The van der Waals surface area contributed by atoms with Crippen molar-refractivity contribution in [3.63, 3.8) is 0 Å². The lowest BCUT2D eigenvalue weighted by molar-refractivity contribution is -0.690. The van der Waals surface area contributed by atoms with Gasteiger partial charge in [-0.1, -0.05) is 24.1 Å². The second kappa shape index (κ2) is 4.30. The Labute approximate surface area is 112 Å². The fraction of sp³-hybridized carbons (Fsp3) is 0.400. The minimum atomic E-state index is -0.0313. The Morgan fingerprint density at radius 3 is 2.84 bits per heavy atom. The van der Waals surface area contributed by atoms with E-state index in [2.05, 4.69) is 16.5 Å². The lowest BCUT2D eigenvalue weighted by Crippen LogP contribution is -2.45. The van der Waals surface area contributed by atoms with Gasteiger partial charge in [0.05, 0.1) is 17.8 Å². The average Bonchev–Trinajstić information content (AvgIpc) is 2.79. The van der Waals surface area contributed by atoms with Gasteiger partial charge >= 0.3 is 11.5 Å². The Bertz CT molecular complexity index is 692. The molecular formula is C15H18N3O+. The van der Waals surface area contributed by atoms with Gasteiger partial charge in [0.1, 0.15) is 0 Å². The maximum Gasteiger partial charge on any atom is 0.402 e. The van der Waals surface area contributed by atoms with E-state index in [1.807, 2.05) is 42.7 Å². The number of aromatic nitrogens is 2. The fourth-order valence-electron chi connectivity index (χ4n) is 2.94. The van der Waals surface area contributed by atoms with Crippen LogP contribution < -0.4 is 10.1 Å². The summed E-state index contributed by atoms with van der Waals surface area (Å²) in [6.07, 6.45) is 8.72. The highest BCUT2D eigenvalue weighted by molar-refractivity contribution is 6.03. The summed E-state index contributed by atoms with van der Waals surface area (Å²) in [6, 6.07) is -0.0313. The van der Waals surface area contributed by atoms with E-state index in [4.69, 9.17) is 0 Å². The Morgan fingerprint density at radius 2 is 2.16 bits per heavy atom. The number of fused-ring (bicyclic) bond motifs is 3. The molecule has 3 rings (SSSR count). The van der Waals surface area contributed by atoms with Crippen LogP contribution in [0.25, 0.3) is 0 Å². The molecule has 19 heavy (non-hydrogen) atoms. The summed E-state index contributed by atoms with van der Waals surface area (Å²) in [5.41, 5.74) is 2.99. The summed E-state index contributed by atoms with van der Waals surface area (Å²) in [7, 11) is 0. The molecule has 4 nitrogen and oxygen atoms in total. The van der Waals surface area contributed by atoms with E-state index < -0.39 is 0 Å². The molecule has 1 atom stereocenters. The maximum absolute atomic E-state index is 12.7. The first-order valence-corrected chi connectivity index (χ1v) is 6.80. The van der Waals surface area contributed by atoms with Crippen LogP contribution in [0.3, 0.4) is 0 Å². The van der Waals surface area contributed by atoms with E-state index in [1.165, 1.54) is 0 Å². The van der Waals surface area contributed by atoms with Crippen molar-refractivity contribution < 1.29 is 4.57 Å². The summed E-state index contributed by atoms with van der Waals surface area (Å²) in [4.78, 5) is 17.3. The van der Waals surface area contributed by atoms with Crippen molar-refractivity contribution in [1.29, 1.82) is 0 Å². The van der Waals surface area contributed by atoms with Gasteiger partial charge in [0, 0.05) is 0 Å². The molecule has 1 aromatic heterocycles. The van der Waals surface area contributed by atoms with Crippen LogP contribution in [-0.2, 0) is 13.0 Å². The molecule has 0 radical (unpaired) electrons. The molecule has 0 amide bonds. The molecule has 1 aliphatic carbocycles. The van der Waals surface area contributed by atoms with E-state index >= 15 is 0 Å². The normalized spacial score (nSPS) is 19.3. The average molecular weight is 256 g/mol. The highest BCUT2D eigenvalue weighted by Gasteiger charge is 2.37. The van der Waals surface area contributed by atoms with Gasteiger partial charge in [-0.3, -0.25) is 4.79 Å². The molecule has 0 saturated carbocycles. The third-order valence-electron chi connectivity index (χ3n) is 3.93. The molecule has 0 saturated heterocycles. The van der Waals surface area contributed by atoms with Crippen molar-refractivity contribution in [1.82, 2.24) is 4.57 Å².